The van der Waals surface area contributed by atoms with Gasteiger partial charge in [0.15, 0.2) is 0 Å². The fraction of sp³-hybridized carbons (Fsp3) is 0.222. The summed E-state index contributed by atoms with van der Waals surface area (Å²) < 4.78 is 0. The summed E-state index contributed by atoms with van der Waals surface area (Å²) in [4.78, 5) is 0. The molecule has 3 heteroatoms. The molecule has 2 atom stereocenters. The molecular weight excluding hydrogens is 258 g/mol. The first-order valence-corrected chi connectivity index (χ1v) is 6.95. The highest BCUT2D eigenvalue weighted by Crippen LogP contribution is 2.20. The molecule has 2 rings (SSSR count). The van der Waals surface area contributed by atoms with E-state index in [2.05, 4.69) is 17.5 Å². The van der Waals surface area contributed by atoms with Crippen molar-refractivity contribution in [2.24, 2.45) is 0 Å². The maximum atomic E-state index is 9.32. The third kappa shape index (κ3) is 4.45. The number of benzene rings is 2. The minimum absolute atomic E-state index is 0.265. The molecule has 0 spiro atoms. The highest BCUT2D eigenvalue weighted by atomic mass is 14.9. The maximum absolute atomic E-state index is 9.32. The first-order chi connectivity index (χ1) is 10.3. The summed E-state index contributed by atoms with van der Waals surface area (Å²) in [5.74, 6) is -0.265. The van der Waals surface area contributed by atoms with E-state index in [1.165, 1.54) is 0 Å². The van der Waals surface area contributed by atoms with Crippen LogP contribution in [0.5, 0.6) is 0 Å². The normalized spacial score (nSPS) is 12.9. The summed E-state index contributed by atoms with van der Waals surface area (Å²) in [5.41, 5.74) is 2.09. The molecule has 3 nitrogen and oxygen atoms in total. The van der Waals surface area contributed by atoms with E-state index in [1.54, 1.807) is 0 Å². The Labute approximate surface area is 125 Å². The molecule has 1 N–H and O–H groups in total. The smallest absolute Gasteiger partial charge is 0.0971 e. The molecule has 0 aromatic heterocycles. The minimum atomic E-state index is -0.338. The van der Waals surface area contributed by atoms with Gasteiger partial charge < -0.3 is 0 Å². The van der Waals surface area contributed by atoms with Crippen LogP contribution in [0.1, 0.15) is 23.5 Å². The summed E-state index contributed by atoms with van der Waals surface area (Å²) >= 11 is 0. The summed E-state index contributed by atoms with van der Waals surface area (Å²) in [6.45, 7) is 0.631. The first-order valence-electron chi connectivity index (χ1n) is 6.95. The van der Waals surface area contributed by atoms with Gasteiger partial charge in [-0.15, -0.1) is 0 Å². The number of rotatable bonds is 6. The molecule has 0 fully saturated rings. The number of nitrogens with one attached hydrogen (secondary N) is 1. The van der Waals surface area contributed by atoms with Gasteiger partial charge in [0.05, 0.1) is 24.1 Å². The van der Waals surface area contributed by atoms with Gasteiger partial charge >= 0.3 is 0 Å². The van der Waals surface area contributed by atoms with Crippen LogP contribution in [-0.2, 0) is 6.54 Å². The van der Waals surface area contributed by atoms with Crippen molar-refractivity contribution in [2.45, 2.75) is 24.9 Å². The van der Waals surface area contributed by atoms with E-state index < -0.39 is 0 Å². The van der Waals surface area contributed by atoms with Crippen molar-refractivity contribution in [1.29, 1.82) is 10.5 Å². The predicted octanol–water partition coefficient (Wildman–Crippen LogP) is 3.37. The molecule has 21 heavy (non-hydrogen) atoms. The predicted molar refractivity (Wildman–Crippen MR) is 82.1 cm³/mol. The van der Waals surface area contributed by atoms with E-state index in [0.29, 0.717) is 13.0 Å². The summed E-state index contributed by atoms with van der Waals surface area (Å²) in [6, 6.07) is 23.7. The number of hydrogen-bond donors (Lipinski definition) is 1. The zero-order valence-corrected chi connectivity index (χ0v) is 11.7. The van der Waals surface area contributed by atoms with Gasteiger partial charge in [-0.2, -0.15) is 10.5 Å². The molecule has 0 aliphatic carbocycles. The van der Waals surface area contributed by atoms with Crippen LogP contribution in [0.15, 0.2) is 60.7 Å². The highest BCUT2D eigenvalue weighted by Gasteiger charge is 2.17. The lowest BCUT2D eigenvalue weighted by molar-refractivity contribution is 0.544. The molecule has 0 heterocycles. The van der Waals surface area contributed by atoms with Crippen LogP contribution in [0.4, 0.5) is 0 Å². The fourth-order valence-corrected chi connectivity index (χ4v) is 2.20. The van der Waals surface area contributed by atoms with Gasteiger partial charge in [0.2, 0.25) is 0 Å². The van der Waals surface area contributed by atoms with Gasteiger partial charge in [-0.05, 0) is 17.5 Å². The Morgan fingerprint density at radius 3 is 2.05 bits per heavy atom. The molecule has 2 aromatic carbocycles. The molecule has 0 radical (unpaired) electrons. The van der Waals surface area contributed by atoms with Crippen molar-refractivity contribution in [2.75, 3.05) is 0 Å². The van der Waals surface area contributed by atoms with E-state index >= 15 is 0 Å². The number of nitrogens with zero attached hydrogens (tertiary/aromatic N) is 2. The Morgan fingerprint density at radius 1 is 0.857 bits per heavy atom. The Kier molecular flexibility index (Phi) is 5.52. The molecular formula is C18H17N3. The van der Waals surface area contributed by atoms with E-state index in [1.807, 2.05) is 60.7 Å². The molecule has 2 unspecified atom stereocenters. The SMILES string of the molecule is N#CC(CC(C#N)c1ccccc1)NCc1ccccc1. The zero-order valence-electron chi connectivity index (χ0n) is 11.7. The standard InChI is InChI=1S/C18H17N3/c19-12-17(16-9-5-2-6-10-16)11-18(13-20)21-14-15-7-3-1-4-8-15/h1-10,17-18,21H,11,14H2. The van der Waals surface area contributed by atoms with Gasteiger partial charge in [0.25, 0.3) is 0 Å². The van der Waals surface area contributed by atoms with Gasteiger partial charge in [-0.3, -0.25) is 5.32 Å². The maximum Gasteiger partial charge on any atom is 0.0971 e. The Morgan fingerprint density at radius 2 is 1.48 bits per heavy atom. The second kappa shape index (κ2) is 7.85. The molecule has 0 amide bonds. The van der Waals surface area contributed by atoms with Crippen LogP contribution in [0, 0.1) is 22.7 Å². The van der Waals surface area contributed by atoms with Crippen molar-refractivity contribution in [3.05, 3.63) is 71.8 Å². The van der Waals surface area contributed by atoms with Crippen LogP contribution >= 0.6 is 0 Å². The van der Waals surface area contributed by atoms with E-state index in [4.69, 9.17) is 0 Å². The van der Waals surface area contributed by atoms with Gasteiger partial charge in [0.1, 0.15) is 0 Å². The van der Waals surface area contributed by atoms with Crippen molar-refractivity contribution >= 4 is 0 Å². The number of nitriles is 2. The molecule has 2 aromatic rings. The topological polar surface area (TPSA) is 59.6 Å². The summed E-state index contributed by atoms with van der Waals surface area (Å²) in [6.07, 6.45) is 0.490. The van der Waals surface area contributed by atoms with E-state index in [9.17, 15) is 10.5 Å². The molecule has 0 aliphatic heterocycles. The zero-order chi connectivity index (χ0) is 14.9. The summed E-state index contributed by atoms with van der Waals surface area (Å²) in [5, 5.41) is 21.8. The van der Waals surface area contributed by atoms with Crippen molar-refractivity contribution in [1.82, 2.24) is 5.32 Å². The van der Waals surface area contributed by atoms with Crippen molar-refractivity contribution < 1.29 is 0 Å². The third-order valence-electron chi connectivity index (χ3n) is 3.38. The first kappa shape index (κ1) is 14.8. The number of hydrogen-bond acceptors (Lipinski definition) is 3. The highest BCUT2D eigenvalue weighted by molar-refractivity contribution is 5.25. The van der Waals surface area contributed by atoms with Crippen LogP contribution in [0.25, 0.3) is 0 Å². The lowest BCUT2D eigenvalue weighted by atomic mass is 9.94. The molecule has 104 valence electrons. The average Bonchev–Trinajstić information content (AvgIpc) is 2.57. The van der Waals surface area contributed by atoms with Crippen LogP contribution in [0.3, 0.4) is 0 Å². The molecule has 0 bridgehead atoms. The quantitative estimate of drug-likeness (QED) is 0.879. The van der Waals surface area contributed by atoms with Crippen LogP contribution < -0.4 is 5.32 Å². The monoisotopic (exact) mass is 275 g/mol. The molecule has 0 saturated carbocycles. The van der Waals surface area contributed by atoms with Crippen molar-refractivity contribution in [3.8, 4) is 12.1 Å². The lowest BCUT2D eigenvalue weighted by Crippen LogP contribution is -2.28. The largest absolute Gasteiger partial charge is 0.298 e. The molecule has 0 aliphatic rings. The molecule has 0 saturated heterocycles. The van der Waals surface area contributed by atoms with Gasteiger partial charge in [-0.25, -0.2) is 0 Å². The van der Waals surface area contributed by atoms with E-state index in [-0.39, 0.29) is 12.0 Å². The third-order valence-corrected chi connectivity index (χ3v) is 3.38. The fourth-order valence-electron chi connectivity index (χ4n) is 2.20. The van der Waals surface area contributed by atoms with Gasteiger partial charge in [-0.1, -0.05) is 60.7 Å². The summed E-state index contributed by atoms with van der Waals surface area (Å²) in [7, 11) is 0. The minimum Gasteiger partial charge on any atom is -0.298 e. The Hall–Kier alpha value is -2.62. The Bertz CT molecular complexity index is 623. The Balaban J connectivity index is 1.96. The second-order valence-corrected chi connectivity index (χ2v) is 4.88. The second-order valence-electron chi connectivity index (χ2n) is 4.88. The van der Waals surface area contributed by atoms with Crippen molar-refractivity contribution in [3.63, 3.8) is 0 Å². The average molecular weight is 275 g/mol. The van der Waals surface area contributed by atoms with E-state index in [0.717, 1.165) is 11.1 Å². The van der Waals surface area contributed by atoms with Crippen LogP contribution in [-0.4, -0.2) is 6.04 Å². The van der Waals surface area contributed by atoms with Gasteiger partial charge in [0, 0.05) is 6.54 Å². The van der Waals surface area contributed by atoms with Crippen LogP contribution in [0.2, 0.25) is 0 Å². The lowest BCUT2D eigenvalue weighted by Gasteiger charge is -2.15.